The number of non-ortho nitro benzene ring substituents is 1. The number of hydrogen-bond donors (Lipinski definition) is 1. The first-order valence-electron chi connectivity index (χ1n) is 10.1. The van der Waals surface area contributed by atoms with E-state index in [1.54, 1.807) is 12.1 Å². The highest BCUT2D eigenvalue weighted by Crippen LogP contribution is 2.32. The summed E-state index contributed by atoms with van der Waals surface area (Å²) in [5, 5.41) is 21.2. The van der Waals surface area contributed by atoms with Crippen LogP contribution in [0.2, 0.25) is 0 Å². The van der Waals surface area contributed by atoms with Gasteiger partial charge in [-0.15, -0.1) is 0 Å². The van der Waals surface area contributed by atoms with Crippen molar-refractivity contribution in [1.29, 1.82) is 0 Å². The quantitative estimate of drug-likeness (QED) is 0.174. The topological polar surface area (TPSA) is 102 Å². The maximum atomic E-state index is 11.0. The fourth-order valence-corrected chi connectivity index (χ4v) is 3.72. The minimum atomic E-state index is -0.525. The van der Waals surface area contributed by atoms with Crippen LogP contribution >= 0.6 is 15.9 Å². The number of aromatic nitrogens is 1. The monoisotopic (exact) mass is 493 g/mol. The van der Waals surface area contributed by atoms with E-state index in [0.717, 1.165) is 23.1 Å². The smallest absolute Gasteiger partial charge is 0.271 e. The van der Waals surface area contributed by atoms with Gasteiger partial charge in [0.1, 0.15) is 11.3 Å². The summed E-state index contributed by atoms with van der Waals surface area (Å²) < 4.78 is 6.14. The zero-order valence-electron chi connectivity index (χ0n) is 17.4. The number of hydrogen-bond acceptors (Lipinski definition) is 6. The Morgan fingerprint density at radius 1 is 1.22 bits per heavy atom. The summed E-state index contributed by atoms with van der Waals surface area (Å²) in [5.41, 5.74) is 4.33. The fourth-order valence-electron chi connectivity index (χ4n) is 3.25. The Balaban J connectivity index is 1.58. The van der Waals surface area contributed by atoms with Gasteiger partial charge < -0.3 is 9.52 Å². The van der Waals surface area contributed by atoms with Crippen molar-refractivity contribution in [3.8, 4) is 17.2 Å². The molecule has 1 aromatic heterocycles. The van der Waals surface area contributed by atoms with E-state index in [1.807, 2.05) is 18.2 Å². The number of aromatic hydroxyl groups is 1. The van der Waals surface area contributed by atoms with Crippen LogP contribution in [0.4, 0.5) is 11.4 Å². The average molecular weight is 494 g/mol. The summed E-state index contributed by atoms with van der Waals surface area (Å²) in [6.45, 7) is 4.35. The summed E-state index contributed by atoms with van der Waals surface area (Å²) in [5.74, 6) is 0.874. The minimum absolute atomic E-state index is 0.112. The first kappa shape index (κ1) is 21.7. The maximum absolute atomic E-state index is 11.0. The first-order chi connectivity index (χ1) is 15.4. The standard InChI is InChI=1S/C24H20BrN3O4/c1-3-14(2)16-6-9-22-21(11-16)27-24(32-22)15-4-7-18(8-5-15)26-13-17-10-19(28(30)31)12-20(25)23(17)29/h4-14,29H,3H2,1-2H3. The lowest BCUT2D eigenvalue weighted by Gasteiger charge is -2.07. The SMILES string of the molecule is CCC(C)c1ccc2oc(-c3ccc(N=Cc4cc([N+](=O)[O-])cc(Br)c4O)cc3)nc2c1. The highest BCUT2D eigenvalue weighted by molar-refractivity contribution is 9.10. The van der Waals surface area contributed by atoms with Gasteiger partial charge >= 0.3 is 0 Å². The van der Waals surface area contributed by atoms with Crippen LogP contribution in [0.1, 0.15) is 37.3 Å². The van der Waals surface area contributed by atoms with E-state index in [4.69, 9.17) is 4.42 Å². The van der Waals surface area contributed by atoms with Crippen molar-refractivity contribution in [3.05, 3.63) is 80.3 Å². The summed E-state index contributed by atoms with van der Waals surface area (Å²) >= 11 is 3.12. The molecule has 0 amide bonds. The molecule has 0 aliphatic rings. The summed E-state index contributed by atoms with van der Waals surface area (Å²) in [4.78, 5) is 19.5. The van der Waals surface area contributed by atoms with Crippen LogP contribution in [0.15, 0.2) is 68.5 Å². The number of rotatable bonds is 6. The molecule has 1 heterocycles. The lowest BCUT2D eigenvalue weighted by Crippen LogP contribution is -1.91. The molecule has 3 aromatic carbocycles. The van der Waals surface area contributed by atoms with E-state index in [2.05, 4.69) is 51.9 Å². The Bertz CT molecular complexity index is 1330. The number of nitrogens with zero attached hydrogens (tertiary/aromatic N) is 3. The molecule has 4 rings (SSSR count). The van der Waals surface area contributed by atoms with Gasteiger partial charge in [0.25, 0.3) is 5.69 Å². The van der Waals surface area contributed by atoms with E-state index in [1.165, 1.54) is 23.9 Å². The van der Waals surface area contributed by atoms with Crippen molar-refractivity contribution in [2.24, 2.45) is 4.99 Å². The van der Waals surface area contributed by atoms with Gasteiger partial charge in [-0.05, 0) is 70.2 Å². The predicted molar refractivity (Wildman–Crippen MR) is 128 cm³/mol. The number of nitro benzene ring substituents is 1. The number of oxazole rings is 1. The van der Waals surface area contributed by atoms with Crippen LogP contribution in [-0.2, 0) is 0 Å². The van der Waals surface area contributed by atoms with Crippen LogP contribution in [0.25, 0.3) is 22.6 Å². The molecule has 8 heteroatoms. The Morgan fingerprint density at radius 3 is 2.66 bits per heavy atom. The summed E-state index contributed by atoms with van der Waals surface area (Å²) in [7, 11) is 0. The van der Waals surface area contributed by atoms with Crippen LogP contribution < -0.4 is 0 Å². The number of phenols is 1. The van der Waals surface area contributed by atoms with E-state index in [-0.39, 0.29) is 21.5 Å². The minimum Gasteiger partial charge on any atom is -0.506 e. The molecule has 0 saturated heterocycles. The van der Waals surface area contributed by atoms with Crippen LogP contribution in [0, 0.1) is 10.1 Å². The summed E-state index contributed by atoms with van der Waals surface area (Å²) in [6.07, 6.45) is 2.45. The molecule has 0 fully saturated rings. The van der Waals surface area contributed by atoms with Gasteiger partial charge in [0, 0.05) is 29.5 Å². The molecule has 162 valence electrons. The van der Waals surface area contributed by atoms with Crippen LogP contribution in [0.3, 0.4) is 0 Å². The third-order valence-corrected chi connectivity index (χ3v) is 5.95. The van der Waals surface area contributed by atoms with E-state index < -0.39 is 4.92 Å². The molecule has 0 bridgehead atoms. The zero-order valence-corrected chi connectivity index (χ0v) is 19.0. The van der Waals surface area contributed by atoms with Crippen molar-refractivity contribution in [3.63, 3.8) is 0 Å². The van der Waals surface area contributed by atoms with Gasteiger partial charge in [0.15, 0.2) is 5.58 Å². The van der Waals surface area contributed by atoms with Gasteiger partial charge in [0.05, 0.1) is 15.1 Å². The molecule has 7 nitrogen and oxygen atoms in total. The van der Waals surface area contributed by atoms with Crippen molar-refractivity contribution in [2.75, 3.05) is 0 Å². The number of phenolic OH excluding ortho intramolecular Hbond substituents is 1. The molecule has 1 atom stereocenters. The lowest BCUT2D eigenvalue weighted by atomic mass is 9.98. The second-order valence-electron chi connectivity index (χ2n) is 7.48. The molecule has 0 radical (unpaired) electrons. The second kappa shape index (κ2) is 8.92. The zero-order chi connectivity index (χ0) is 22.8. The molecule has 4 aromatic rings. The van der Waals surface area contributed by atoms with Crippen LogP contribution in [-0.4, -0.2) is 21.2 Å². The molecule has 0 aliphatic heterocycles. The Hall–Kier alpha value is -3.52. The first-order valence-corrected chi connectivity index (χ1v) is 10.9. The highest BCUT2D eigenvalue weighted by Gasteiger charge is 2.14. The van der Waals surface area contributed by atoms with Crippen LogP contribution in [0.5, 0.6) is 5.75 Å². The molecular formula is C24H20BrN3O4. The summed E-state index contributed by atoms with van der Waals surface area (Å²) in [6, 6.07) is 15.9. The maximum Gasteiger partial charge on any atom is 0.271 e. The molecular weight excluding hydrogens is 474 g/mol. The lowest BCUT2D eigenvalue weighted by molar-refractivity contribution is -0.385. The van der Waals surface area contributed by atoms with Gasteiger partial charge in [-0.2, -0.15) is 0 Å². The van der Waals surface area contributed by atoms with Gasteiger partial charge in [-0.1, -0.05) is 19.9 Å². The molecule has 0 spiro atoms. The molecule has 32 heavy (non-hydrogen) atoms. The third kappa shape index (κ3) is 4.40. The average Bonchev–Trinajstić information content (AvgIpc) is 3.23. The van der Waals surface area contributed by atoms with E-state index in [0.29, 0.717) is 17.5 Å². The van der Waals surface area contributed by atoms with Crippen molar-refractivity contribution >= 4 is 44.6 Å². The molecule has 0 aliphatic carbocycles. The number of halogens is 1. The Morgan fingerprint density at radius 2 is 1.97 bits per heavy atom. The Kier molecular flexibility index (Phi) is 6.05. The Labute approximate surface area is 192 Å². The number of benzene rings is 3. The second-order valence-corrected chi connectivity index (χ2v) is 8.34. The van der Waals surface area contributed by atoms with Gasteiger partial charge in [0.2, 0.25) is 5.89 Å². The van der Waals surface area contributed by atoms with Crippen molar-refractivity contribution in [2.45, 2.75) is 26.2 Å². The fraction of sp³-hybridized carbons (Fsp3) is 0.167. The normalized spacial score (nSPS) is 12.5. The molecule has 1 unspecified atom stereocenters. The number of aliphatic imine (C=N–C) groups is 1. The van der Waals surface area contributed by atoms with Crippen molar-refractivity contribution in [1.82, 2.24) is 4.98 Å². The predicted octanol–water partition coefficient (Wildman–Crippen LogP) is 7.14. The molecule has 1 N–H and O–H groups in total. The highest BCUT2D eigenvalue weighted by atomic mass is 79.9. The van der Waals surface area contributed by atoms with E-state index in [9.17, 15) is 15.2 Å². The van der Waals surface area contributed by atoms with Gasteiger partial charge in [-0.25, -0.2) is 4.98 Å². The van der Waals surface area contributed by atoms with Gasteiger partial charge in [-0.3, -0.25) is 15.1 Å². The number of fused-ring (bicyclic) bond motifs is 1. The number of nitro groups is 1. The largest absolute Gasteiger partial charge is 0.506 e. The van der Waals surface area contributed by atoms with Crippen molar-refractivity contribution < 1.29 is 14.4 Å². The molecule has 0 saturated carbocycles. The third-order valence-electron chi connectivity index (χ3n) is 5.35. The van der Waals surface area contributed by atoms with E-state index >= 15 is 0 Å².